The number of thiophene rings is 1. The number of nitrogens with zero attached hydrogens (tertiary/aromatic N) is 3. The van der Waals surface area contributed by atoms with Crippen molar-refractivity contribution in [3.63, 3.8) is 0 Å². The van der Waals surface area contributed by atoms with Gasteiger partial charge in [-0.2, -0.15) is 0 Å². The highest BCUT2D eigenvalue weighted by Crippen LogP contribution is 2.24. The Morgan fingerprint density at radius 3 is 2.78 bits per heavy atom. The number of nitrogens with one attached hydrogen (secondary N) is 1. The van der Waals surface area contributed by atoms with Crippen LogP contribution in [-0.2, 0) is 18.3 Å². The summed E-state index contributed by atoms with van der Waals surface area (Å²) in [7, 11) is 1.91. The first kappa shape index (κ1) is 19.3. The summed E-state index contributed by atoms with van der Waals surface area (Å²) in [5.41, 5.74) is 1.18. The molecule has 0 unspecified atom stereocenters. The van der Waals surface area contributed by atoms with Gasteiger partial charge in [0.25, 0.3) is 0 Å². The number of thioether (sulfide) groups is 1. The quantitative estimate of drug-likeness (QED) is 0.482. The Bertz CT molecular complexity index is 951. The molecule has 140 valence electrons. The van der Waals surface area contributed by atoms with Crippen LogP contribution in [0.3, 0.4) is 0 Å². The maximum absolute atomic E-state index is 12.5. The molecule has 8 heteroatoms. The average molecular weight is 401 g/mol. The highest BCUT2D eigenvalue weighted by Gasteiger charge is 2.19. The number of rotatable bonds is 7. The van der Waals surface area contributed by atoms with E-state index in [0.29, 0.717) is 16.4 Å². The summed E-state index contributed by atoms with van der Waals surface area (Å²) in [6.07, 6.45) is 0.722. The Morgan fingerprint density at radius 2 is 2.07 bits per heavy atom. The van der Waals surface area contributed by atoms with Gasteiger partial charge >= 0.3 is 0 Å². The van der Waals surface area contributed by atoms with Gasteiger partial charge in [-0.05, 0) is 37.4 Å². The Hall–Kier alpha value is -2.45. The number of benzene rings is 1. The average Bonchev–Trinajstić information content (AvgIpc) is 3.27. The van der Waals surface area contributed by atoms with Crippen molar-refractivity contribution in [3.05, 3.63) is 58.0 Å². The van der Waals surface area contributed by atoms with Crippen LogP contribution in [0.4, 0.5) is 5.69 Å². The van der Waals surface area contributed by atoms with Gasteiger partial charge in [0.2, 0.25) is 5.91 Å². The largest absolute Gasteiger partial charge is 0.325 e. The van der Waals surface area contributed by atoms with Crippen LogP contribution in [0.5, 0.6) is 0 Å². The Morgan fingerprint density at radius 1 is 1.26 bits per heavy atom. The van der Waals surface area contributed by atoms with Crippen LogP contribution in [0.15, 0.2) is 46.9 Å². The third-order valence-electron chi connectivity index (χ3n) is 4.03. The van der Waals surface area contributed by atoms with Crippen molar-refractivity contribution < 1.29 is 9.59 Å². The Balaban J connectivity index is 1.64. The van der Waals surface area contributed by atoms with Crippen molar-refractivity contribution >= 4 is 40.5 Å². The summed E-state index contributed by atoms with van der Waals surface area (Å²) in [5, 5.41) is 13.7. The zero-order chi connectivity index (χ0) is 19.4. The molecule has 0 saturated heterocycles. The first-order valence-corrected chi connectivity index (χ1v) is 10.2. The second-order valence-corrected chi connectivity index (χ2v) is 8.44. The lowest BCUT2D eigenvalue weighted by Gasteiger charge is -2.12. The van der Waals surface area contributed by atoms with Gasteiger partial charge in [-0.25, -0.2) is 0 Å². The summed E-state index contributed by atoms with van der Waals surface area (Å²) in [5.74, 6) is 0.677. The summed E-state index contributed by atoms with van der Waals surface area (Å²) >= 11 is 3.04. The van der Waals surface area contributed by atoms with Gasteiger partial charge in [-0.15, -0.1) is 21.5 Å². The maximum Gasteiger partial charge on any atom is 0.237 e. The van der Waals surface area contributed by atoms with Crippen molar-refractivity contribution in [3.8, 4) is 0 Å². The van der Waals surface area contributed by atoms with E-state index in [4.69, 9.17) is 0 Å². The zero-order valence-electron chi connectivity index (χ0n) is 15.3. The van der Waals surface area contributed by atoms with E-state index >= 15 is 0 Å². The lowest BCUT2D eigenvalue weighted by atomic mass is 10.1. The van der Waals surface area contributed by atoms with Crippen molar-refractivity contribution in [1.29, 1.82) is 0 Å². The van der Waals surface area contributed by atoms with E-state index < -0.39 is 0 Å². The highest BCUT2D eigenvalue weighted by atomic mass is 32.2. The monoisotopic (exact) mass is 400 g/mol. The van der Waals surface area contributed by atoms with Gasteiger partial charge in [0.05, 0.1) is 5.25 Å². The van der Waals surface area contributed by atoms with Crippen molar-refractivity contribution in [2.24, 2.45) is 7.05 Å². The Kier molecular flexibility index (Phi) is 6.08. The minimum Gasteiger partial charge on any atom is -0.325 e. The molecule has 0 aliphatic rings. The minimum absolute atomic E-state index is 0.0362. The van der Waals surface area contributed by atoms with Crippen LogP contribution in [0.1, 0.15) is 34.9 Å². The smallest absolute Gasteiger partial charge is 0.237 e. The van der Waals surface area contributed by atoms with E-state index in [9.17, 15) is 9.59 Å². The SMILES string of the molecule is CC(=O)c1cccc(NC(=O)[C@H](C)Sc2nnc(Cc3cccs3)n2C)c1. The molecule has 3 rings (SSSR count). The molecule has 6 nitrogen and oxygen atoms in total. The summed E-state index contributed by atoms with van der Waals surface area (Å²) < 4.78 is 1.92. The number of carbonyl (C=O) groups excluding carboxylic acids is 2. The normalized spacial score (nSPS) is 12.0. The summed E-state index contributed by atoms with van der Waals surface area (Å²) in [6.45, 7) is 3.32. The fraction of sp³-hybridized carbons (Fsp3) is 0.263. The van der Waals surface area contributed by atoms with Crippen LogP contribution in [0, 0.1) is 0 Å². The third-order valence-corrected chi connectivity index (χ3v) is 6.04. The molecular formula is C19H20N4O2S2. The van der Waals surface area contributed by atoms with E-state index in [-0.39, 0.29) is 16.9 Å². The molecule has 0 aliphatic heterocycles. The molecule has 1 atom stereocenters. The van der Waals surface area contributed by atoms with Crippen LogP contribution >= 0.6 is 23.1 Å². The van der Waals surface area contributed by atoms with E-state index in [1.165, 1.54) is 23.6 Å². The highest BCUT2D eigenvalue weighted by molar-refractivity contribution is 8.00. The number of Topliss-reactive ketones (excluding diaryl/α,β-unsaturated/α-hetero) is 1. The molecule has 1 N–H and O–H groups in total. The number of hydrogen-bond donors (Lipinski definition) is 1. The fourth-order valence-electron chi connectivity index (χ4n) is 2.44. The minimum atomic E-state index is -0.358. The van der Waals surface area contributed by atoms with E-state index in [2.05, 4.69) is 21.6 Å². The molecule has 2 heterocycles. The lowest BCUT2D eigenvalue weighted by molar-refractivity contribution is -0.115. The molecule has 3 aromatic rings. The number of aromatic nitrogens is 3. The molecule has 0 aliphatic carbocycles. The molecule has 1 amide bonds. The van der Waals surface area contributed by atoms with Crippen LogP contribution in [-0.4, -0.2) is 31.7 Å². The van der Waals surface area contributed by atoms with Gasteiger partial charge < -0.3 is 9.88 Å². The van der Waals surface area contributed by atoms with E-state index in [0.717, 1.165) is 12.2 Å². The molecule has 0 saturated carbocycles. The van der Waals surface area contributed by atoms with Crippen LogP contribution in [0.25, 0.3) is 0 Å². The van der Waals surface area contributed by atoms with Gasteiger partial charge in [0.1, 0.15) is 5.82 Å². The zero-order valence-corrected chi connectivity index (χ0v) is 16.9. The van der Waals surface area contributed by atoms with Crippen molar-refractivity contribution in [2.45, 2.75) is 30.7 Å². The molecular weight excluding hydrogens is 380 g/mol. The molecule has 0 spiro atoms. The van der Waals surface area contributed by atoms with Gasteiger partial charge in [-0.1, -0.05) is 30.0 Å². The van der Waals surface area contributed by atoms with Crippen LogP contribution in [0.2, 0.25) is 0 Å². The van der Waals surface area contributed by atoms with E-state index in [1.807, 2.05) is 30.0 Å². The lowest BCUT2D eigenvalue weighted by Crippen LogP contribution is -2.23. The van der Waals surface area contributed by atoms with Gasteiger partial charge in [-0.3, -0.25) is 9.59 Å². The first-order chi connectivity index (χ1) is 12.9. The fourth-order valence-corrected chi connectivity index (χ4v) is 3.98. The number of ketones is 1. The molecule has 0 bridgehead atoms. The Labute approximate surface area is 166 Å². The number of anilines is 1. The molecule has 0 radical (unpaired) electrons. The number of carbonyl (C=O) groups is 2. The standard InChI is InChI=1S/C19H20N4O2S2/c1-12(24)14-6-4-7-15(10-14)20-18(25)13(2)27-19-22-21-17(23(19)3)11-16-8-5-9-26-16/h4-10,13H,11H2,1-3H3,(H,20,25)/t13-/m0/s1. The topological polar surface area (TPSA) is 76.9 Å². The molecule has 27 heavy (non-hydrogen) atoms. The van der Waals surface area contributed by atoms with Crippen LogP contribution < -0.4 is 5.32 Å². The third kappa shape index (κ3) is 4.84. The second kappa shape index (κ2) is 8.49. The predicted octanol–water partition coefficient (Wildman–Crippen LogP) is 3.79. The molecule has 0 fully saturated rings. The maximum atomic E-state index is 12.5. The number of amides is 1. The first-order valence-electron chi connectivity index (χ1n) is 8.43. The van der Waals surface area contributed by atoms with E-state index in [1.54, 1.807) is 35.6 Å². The summed E-state index contributed by atoms with van der Waals surface area (Å²) in [4.78, 5) is 25.2. The molecule has 2 aromatic heterocycles. The predicted molar refractivity (Wildman–Crippen MR) is 109 cm³/mol. The van der Waals surface area contributed by atoms with Crippen molar-refractivity contribution in [1.82, 2.24) is 14.8 Å². The second-order valence-electron chi connectivity index (χ2n) is 6.10. The van der Waals surface area contributed by atoms with Gasteiger partial charge in [0, 0.05) is 29.6 Å². The van der Waals surface area contributed by atoms with Crippen molar-refractivity contribution in [2.75, 3.05) is 5.32 Å². The summed E-state index contributed by atoms with van der Waals surface area (Å²) in [6, 6.07) is 11.0. The molecule has 1 aromatic carbocycles. The van der Waals surface area contributed by atoms with Gasteiger partial charge in [0.15, 0.2) is 10.9 Å². The number of hydrogen-bond acceptors (Lipinski definition) is 6.